The van der Waals surface area contributed by atoms with Crippen LogP contribution < -0.4 is 5.73 Å². The molecule has 3 heteroatoms. The molecule has 4 rings (SSSR count). The molecule has 2 unspecified atom stereocenters. The van der Waals surface area contributed by atoms with Crippen LogP contribution in [0.3, 0.4) is 0 Å². The number of ether oxygens (including phenoxy) is 1. The van der Waals surface area contributed by atoms with E-state index in [4.69, 9.17) is 10.5 Å². The van der Waals surface area contributed by atoms with E-state index in [1.165, 1.54) is 12.8 Å². The molecule has 0 aromatic rings. The zero-order valence-electron chi connectivity index (χ0n) is 8.32. The largest absolute Gasteiger partial charge is 0.461 e. The maximum atomic E-state index is 10.5. The highest BCUT2D eigenvalue weighted by Crippen LogP contribution is 2.56. The Morgan fingerprint density at radius 1 is 1.21 bits per heavy atom. The molecule has 14 heavy (non-hydrogen) atoms. The van der Waals surface area contributed by atoms with Gasteiger partial charge in [-0.05, 0) is 49.9 Å². The van der Waals surface area contributed by atoms with E-state index in [-0.39, 0.29) is 5.60 Å². The monoisotopic (exact) mass is 195 g/mol. The Kier molecular flexibility index (Phi) is 1.69. The molecule has 3 nitrogen and oxygen atoms in total. The summed E-state index contributed by atoms with van der Waals surface area (Å²) in [7, 11) is 0. The Hall–Kier alpha value is -0.570. The van der Waals surface area contributed by atoms with Crippen molar-refractivity contribution >= 4 is 6.47 Å². The number of carbonyl (C=O) groups excluding carboxylic acids is 1. The van der Waals surface area contributed by atoms with Gasteiger partial charge in [0.05, 0.1) is 0 Å². The van der Waals surface area contributed by atoms with Gasteiger partial charge in [0, 0.05) is 6.04 Å². The third kappa shape index (κ3) is 1.05. The van der Waals surface area contributed by atoms with Gasteiger partial charge in [0.25, 0.3) is 6.47 Å². The molecule has 0 aromatic carbocycles. The lowest BCUT2D eigenvalue weighted by molar-refractivity contribution is -0.175. The minimum atomic E-state index is -0.117. The fourth-order valence-corrected chi connectivity index (χ4v) is 4.24. The van der Waals surface area contributed by atoms with Crippen molar-refractivity contribution in [1.82, 2.24) is 0 Å². The molecule has 0 saturated heterocycles. The highest BCUT2D eigenvalue weighted by molar-refractivity contribution is 5.39. The fourth-order valence-electron chi connectivity index (χ4n) is 4.24. The molecule has 0 radical (unpaired) electrons. The van der Waals surface area contributed by atoms with Crippen LogP contribution in [0.5, 0.6) is 0 Å². The van der Waals surface area contributed by atoms with Crippen LogP contribution in [0.1, 0.15) is 32.1 Å². The predicted octanol–water partition coefficient (Wildman–Crippen LogP) is 1.07. The molecule has 2 atom stereocenters. The fraction of sp³-hybridized carbons (Fsp3) is 0.909. The Morgan fingerprint density at radius 2 is 1.86 bits per heavy atom. The van der Waals surface area contributed by atoms with Crippen molar-refractivity contribution in [1.29, 1.82) is 0 Å². The van der Waals surface area contributed by atoms with Gasteiger partial charge in [-0.3, -0.25) is 4.79 Å². The SMILES string of the molecule is N[C@H]1C2CC3CC1C[C@@](OC=O)(C3)C2. The Bertz CT molecular complexity index is 250. The van der Waals surface area contributed by atoms with Crippen LogP contribution in [0.25, 0.3) is 0 Å². The molecule has 0 spiro atoms. The first kappa shape index (κ1) is 8.72. The van der Waals surface area contributed by atoms with E-state index < -0.39 is 0 Å². The Labute approximate surface area is 84.0 Å². The number of hydrogen-bond donors (Lipinski definition) is 1. The molecule has 4 saturated carbocycles. The summed E-state index contributed by atoms with van der Waals surface area (Å²) in [5.41, 5.74) is 6.06. The molecule has 2 N–H and O–H groups in total. The second-order valence-corrected chi connectivity index (χ2v) is 5.44. The van der Waals surface area contributed by atoms with Crippen LogP contribution in [-0.2, 0) is 9.53 Å². The van der Waals surface area contributed by atoms with Crippen molar-refractivity contribution in [3.63, 3.8) is 0 Å². The molecule has 4 aliphatic carbocycles. The zero-order valence-corrected chi connectivity index (χ0v) is 8.32. The molecule has 78 valence electrons. The highest BCUT2D eigenvalue weighted by atomic mass is 16.5. The number of nitrogens with two attached hydrogens (primary N) is 1. The van der Waals surface area contributed by atoms with Crippen LogP contribution >= 0.6 is 0 Å². The summed E-state index contributed by atoms with van der Waals surface area (Å²) >= 11 is 0. The van der Waals surface area contributed by atoms with E-state index in [1.54, 1.807) is 0 Å². The smallest absolute Gasteiger partial charge is 0.293 e. The number of rotatable bonds is 2. The Balaban J connectivity index is 1.88. The highest BCUT2D eigenvalue weighted by Gasteiger charge is 2.55. The third-order valence-corrected chi connectivity index (χ3v) is 4.59. The van der Waals surface area contributed by atoms with Crippen LogP contribution in [0.4, 0.5) is 0 Å². The minimum absolute atomic E-state index is 0.117. The van der Waals surface area contributed by atoms with Gasteiger partial charge in [-0.1, -0.05) is 0 Å². The third-order valence-electron chi connectivity index (χ3n) is 4.59. The summed E-state index contributed by atoms with van der Waals surface area (Å²) in [5, 5.41) is 0. The molecule has 4 fully saturated rings. The molecule has 0 aliphatic heterocycles. The molecular formula is C11H17NO2. The van der Waals surface area contributed by atoms with Crippen molar-refractivity contribution in [2.24, 2.45) is 23.5 Å². The lowest BCUT2D eigenvalue weighted by atomic mass is 9.52. The first-order valence-electron chi connectivity index (χ1n) is 5.59. The van der Waals surface area contributed by atoms with Crippen LogP contribution in [-0.4, -0.2) is 18.1 Å². The second kappa shape index (κ2) is 2.72. The van der Waals surface area contributed by atoms with Gasteiger partial charge in [-0.25, -0.2) is 0 Å². The van der Waals surface area contributed by atoms with Gasteiger partial charge in [0.15, 0.2) is 0 Å². The zero-order chi connectivity index (χ0) is 9.76. The van der Waals surface area contributed by atoms with Gasteiger partial charge in [-0.2, -0.15) is 0 Å². The average Bonchev–Trinajstić information content (AvgIpc) is 2.12. The number of hydrogen-bond acceptors (Lipinski definition) is 3. The van der Waals surface area contributed by atoms with Crippen LogP contribution in [0.2, 0.25) is 0 Å². The molecule has 0 heterocycles. The molecule has 4 bridgehead atoms. The maximum Gasteiger partial charge on any atom is 0.293 e. The maximum absolute atomic E-state index is 10.5. The number of carbonyl (C=O) groups is 1. The van der Waals surface area contributed by atoms with E-state index in [0.29, 0.717) is 24.3 Å². The first-order valence-corrected chi connectivity index (χ1v) is 5.59. The van der Waals surface area contributed by atoms with Crippen LogP contribution in [0, 0.1) is 17.8 Å². The van der Waals surface area contributed by atoms with Gasteiger partial charge >= 0.3 is 0 Å². The second-order valence-electron chi connectivity index (χ2n) is 5.44. The first-order chi connectivity index (χ1) is 6.72. The molecule has 4 aliphatic rings. The standard InChI is InChI=1S/C11H17NO2/c12-10-8-1-7-2-9(10)5-11(3-7,4-8)14-6-13/h6-10H,1-5,12H2/t7?,8?,9?,10-,11+. The summed E-state index contributed by atoms with van der Waals surface area (Å²) in [6, 6.07) is 0.370. The van der Waals surface area contributed by atoms with E-state index in [2.05, 4.69) is 0 Å². The van der Waals surface area contributed by atoms with E-state index in [1.807, 2.05) is 0 Å². The molecular weight excluding hydrogens is 178 g/mol. The predicted molar refractivity (Wildman–Crippen MR) is 51.4 cm³/mol. The van der Waals surface area contributed by atoms with Gasteiger partial charge in [0.2, 0.25) is 0 Å². The van der Waals surface area contributed by atoms with E-state index >= 15 is 0 Å². The summed E-state index contributed by atoms with van der Waals surface area (Å²) in [6.07, 6.45) is 5.65. The lowest BCUT2D eigenvalue weighted by Crippen LogP contribution is -2.60. The summed E-state index contributed by atoms with van der Waals surface area (Å²) < 4.78 is 5.35. The minimum Gasteiger partial charge on any atom is -0.461 e. The van der Waals surface area contributed by atoms with Crippen molar-refractivity contribution in [2.75, 3.05) is 0 Å². The lowest BCUT2D eigenvalue weighted by Gasteiger charge is -2.57. The van der Waals surface area contributed by atoms with Crippen molar-refractivity contribution in [3.05, 3.63) is 0 Å². The normalized spacial score (nSPS) is 54.6. The summed E-state index contributed by atoms with van der Waals surface area (Å²) in [5.74, 6) is 2.00. The van der Waals surface area contributed by atoms with E-state index in [0.717, 1.165) is 25.2 Å². The average molecular weight is 195 g/mol. The van der Waals surface area contributed by atoms with Crippen LogP contribution in [0.15, 0.2) is 0 Å². The Morgan fingerprint density at radius 3 is 2.43 bits per heavy atom. The van der Waals surface area contributed by atoms with Gasteiger partial charge < -0.3 is 10.5 Å². The van der Waals surface area contributed by atoms with Gasteiger partial charge in [0.1, 0.15) is 5.60 Å². The van der Waals surface area contributed by atoms with Gasteiger partial charge in [-0.15, -0.1) is 0 Å². The summed E-state index contributed by atoms with van der Waals surface area (Å²) in [4.78, 5) is 10.5. The molecule has 0 aromatic heterocycles. The van der Waals surface area contributed by atoms with E-state index in [9.17, 15) is 4.79 Å². The quantitative estimate of drug-likeness (QED) is 0.670. The van der Waals surface area contributed by atoms with Crippen molar-refractivity contribution < 1.29 is 9.53 Å². The topological polar surface area (TPSA) is 52.3 Å². The van der Waals surface area contributed by atoms with Crippen molar-refractivity contribution in [3.8, 4) is 0 Å². The molecule has 0 amide bonds. The summed E-state index contributed by atoms with van der Waals surface area (Å²) in [6.45, 7) is 0.638. The van der Waals surface area contributed by atoms with Crippen molar-refractivity contribution in [2.45, 2.75) is 43.7 Å².